The molecule has 18 heavy (non-hydrogen) atoms. The molecular weight excluding hydrogens is 222 g/mol. The fraction of sp³-hybridized carbons (Fsp3) is 0.125. The fourth-order valence-electron chi connectivity index (χ4n) is 2.32. The zero-order chi connectivity index (χ0) is 12.7. The van der Waals surface area contributed by atoms with Crippen LogP contribution in [0.5, 0.6) is 0 Å². The highest BCUT2D eigenvalue weighted by atomic mass is 16.1. The Morgan fingerprint density at radius 3 is 2.50 bits per heavy atom. The number of carbonyl (C=O) groups is 1. The van der Waals surface area contributed by atoms with Gasteiger partial charge in [0.25, 0.3) is 0 Å². The van der Waals surface area contributed by atoms with E-state index < -0.39 is 0 Å². The van der Waals surface area contributed by atoms with Crippen molar-refractivity contribution in [2.24, 2.45) is 0 Å². The van der Waals surface area contributed by atoms with Gasteiger partial charge < -0.3 is 0 Å². The van der Waals surface area contributed by atoms with Gasteiger partial charge in [0, 0.05) is 16.3 Å². The maximum atomic E-state index is 11.4. The van der Waals surface area contributed by atoms with Gasteiger partial charge in [0.05, 0.1) is 11.0 Å². The maximum absolute atomic E-state index is 11.4. The van der Waals surface area contributed by atoms with Crippen LogP contribution in [-0.2, 0) is 0 Å². The highest BCUT2D eigenvalue weighted by molar-refractivity contribution is 6.02. The van der Waals surface area contributed by atoms with Crippen LogP contribution < -0.4 is 0 Å². The summed E-state index contributed by atoms with van der Waals surface area (Å²) in [5.74, 6) is 0.0875. The number of benzene rings is 2. The number of carbonyl (C=O) groups excluding carboxylic acids is 1. The van der Waals surface area contributed by atoms with Crippen LogP contribution in [0.2, 0.25) is 0 Å². The molecular formula is C16H13NO. The summed E-state index contributed by atoms with van der Waals surface area (Å²) in [7, 11) is 0. The maximum Gasteiger partial charge on any atom is 0.159 e. The van der Waals surface area contributed by atoms with E-state index in [1.807, 2.05) is 36.4 Å². The van der Waals surface area contributed by atoms with Crippen LogP contribution in [0.4, 0.5) is 0 Å². The van der Waals surface area contributed by atoms with E-state index in [0.717, 1.165) is 27.4 Å². The molecule has 0 aliphatic carbocycles. The topological polar surface area (TPSA) is 30.0 Å². The second kappa shape index (κ2) is 3.91. The Bertz CT molecular complexity index is 774. The highest BCUT2D eigenvalue weighted by Gasteiger charge is 2.07. The SMILES string of the molecule is CC(=O)c1ccc2nc3ccccc3c(C)c2c1. The van der Waals surface area contributed by atoms with Gasteiger partial charge in [0.15, 0.2) is 5.78 Å². The molecule has 0 fully saturated rings. The third-order valence-electron chi connectivity index (χ3n) is 3.36. The molecule has 2 nitrogen and oxygen atoms in total. The minimum absolute atomic E-state index is 0.0875. The number of aryl methyl sites for hydroxylation is 1. The first-order chi connectivity index (χ1) is 8.66. The van der Waals surface area contributed by atoms with Crippen molar-refractivity contribution in [3.8, 4) is 0 Å². The Hall–Kier alpha value is -2.22. The standard InChI is InChI=1S/C16H13NO/c1-10-13-5-3-4-6-15(13)17-16-8-7-12(11(2)18)9-14(10)16/h3-9H,1-2H3. The van der Waals surface area contributed by atoms with Crippen molar-refractivity contribution in [2.45, 2.75) is 13.8 Å². The van der Waals surface area contributed by atoms with E-state index in [9.17, 15) is 4.79 Å². The van der Waals surface area contributed by atoms with Gasteiger partial charge in [-0.25, -0.2) is 4.98 Å². The molecule has 3 aromatic rings. The van der Waals surface area contributed by atoms with E-state index in [-0.39, 0.29) is 5.78 Å². The number of pyridine rings is 1. The quantitative estimate of drug-likeness (QED) is 0.473. The van der Waals surface area contributed by atoms with Gasteiger partial charge in [-0.05, 0) is 43.7 Å². The molecule has 0 N–H and O–H groups in total. The van der Waals surface area contributed by atoms with Crippen LogP contribution in [-0.4, -0.2) is 10.8 Å². The zero-order valence-electron chi connectivity index (χ0n) is 10.4. The summed E-state index contributed by atoms with van der Waals surface area (Å²) in [4.78, 5) is 16.1. The van der Waals surface area contributed by atoms with E-state index in [2.05, 4.69) is 18.0 Å². The van der Waals surface area contributed by atoms with Crippen molar-refractivity contribution in [2.75, 3.05) is 0 Å². The molecule has 88 valence electrons. The first-order valence-corrected chi connectivity index (χ1v) is 5.97. The largest absolute Gasteiger partial charge is 0.295 e. The molecule has 0 aliphatic rings. The minimum Gasteiger partial charge on any atom is -0.295 e. The second-order valence-electron chi connectivity index (χ2n) is 4.54. The monoisotopic (exact) mass is 235 g/mol. The lowest BCUT2D eigenvalue weighted by atomic mass is 10.0. The van der Waals surface area contributed by atoms with Crippen LogP contribution in [0, 0.1) is 6.92 Å². The molecule has 0 amide bonds. The van der Waals surface area contributed by atoms with Gasteiger partial charge in [0.2, 0.25) is 0 Å². The first kappa shape index (κ1) is 10.9. The summed E-state index contributed by atoms with van der Waals surface area (Å²) in [5.41, 5.74) is 3.86. The highest BCUT2D eigenvalue weighted by Crippen LogP contribution is 2.25. The third kappa shape index (κ3) is 1.58. The number of hydrogen-bond acceptors (Lipinski definition) is 2. The second-order valence-corrected chi connectivity index (χ2v) is 4.54. The lowest BCUT2D eigenvalue weighted by Gasteiger charge is -2.07. The Morgan fingerprint density at radius 1 is 1.00 bits per heavy atom. The van der Waals surface area contributed by atoms with E-state index in [1.165, 1.54) is 5.56 Å². The lowest BCUT2D eigenvalue weighted by Crippen LogP contribution is -1.94. The van der Waals surface area contributed by atoms with Crippen LogP contribution in [0.15, 0.2) is 42.5 Å². The molecule has 0 saturated heterocycles. The number of rotatable bonds is 1. The molecule has 0 unspecified atom stereocenters. The molecule has 1 heterocycles. The molecule has 0 saturated carbocycles. The number of ketones is 1. The Kier molecular flexibility index (Phi) is 2.37. The summed E-state index contributed by atoms with van der Waals surface area (Å²) < 4.78 is 0. The summed E-state index contributed by atoms with van der Waals surface area (Å²) in [5, 5.41) is 2.20. The Morgan fingerprint density at radius 2 is 1.72 bits per heavy atom. The van der Waals surface area contributed by atoms with Crippen LogP contribution in [0.3, 0.4) is 0 Å². The summed E-state index contributed by atoms with van der Waals surface area (Å²) in [6.45, 7) is 3.67. The van der Waals surface area contributed by atoms with Gasteiger partial charge in [-0.1, -0.05) is 18.2 Å². The van der Waals surface area contributed by atoms with Gasteiger partial charge in [-0.2, -0.15) is 0 Å². The predicted molar refractivity (Wildman–Crippen MR) is 74.0 cm³/mol. The van der Waals surface area contributed by atoms with Crippen molar-refractivity contribution in [1.29, 1.82) is 0 Å². The summed E-state index contributed by atoms with van der Waals surface area (Å²) >= 11 is 0. The smallest absolute Gasteiger partial charge is 0.159 e. The molecule has 1 aromatic heterocycles. The number of para-hydroxylation sites is 1. The van der Waals surface area contributed by atoms with Crippen molar-refractivity contribution in [3.63, 3.8) is 0 Å². The van der Waals surface area contributed by atoms with Gasteiger partial charge in [0.1, 0.15) is 0 Å². The number of fused-ring (bicyclic) bond motifs is 2. The zero-order valence-corrected chi connectivity index (χ0v) is 10.4. The van der Waals surface area contributed by atoms with Crippen molar-refractivity contribution >= 4 is 27.6 Å². The van der Waals surface area contributed by atoms with E-state index >= 15 is 0 Å². The molecule has 2 aromatic carbocycles. The Labute approximate surface area is 105 Å². The summed E-state index contributed by atoms with van der Waals surface area (Å²) in [6.07, 6.45) is 0. The number of Topliss-reactive ketones (excluding diaryl/α,β-unsaturated/α-hetero) is 1. The van der Waals surface area contributed by atoms with E-state index in [4.69, 9.17) is 0 Å². The van der Waals surface area contributed by atoms with Gasteiger partial charge >= 0.3 is 0 Å². The van der Waals surface area contributed by atoms with Gasteiger partial charge in [-0.3, -0.25) is 4.79 Å². The van der Waals surface area contributed by atoms with Gasteiger partial charge in [-0.15, -0.1) is 0 Å². The fourth-order valence-corrected chi connectivity index (χ4v) is 2.32. The van der Waals surface area contributed by atoms with Crippen molar-refractivity contribution in [1.82, 2.24) is 4.98 Å². The number of aromatic nitrogens is 1. The molecule has 0 radical (unpaired) electrons. The third-order valence-corrected chi connectivity index (χ3v) is 3.36. The predicted octanol–water partition coefficient (Wildman–Crippen LogP) is 3.90. The summed E-state index contributed by atoms with van der Waals surface area (Å²) in [6, 6.07) is 13.8. The van der Waals surface area contributed by atoms with Crippen LogP contribution in [0.1, 0.15) is 22.8 Å². The molecule has 0 atom stereocenters. The molecule has 3 rings (SSSR count). The minimum atomic E-state index is 0.0875. The average Bonchev–Trinajstić information content (AvgIpc) is 2.38. The molecule has 0 bridgehead atoms. The molecule has 0 spiro atoms. The van der Waals surface area contributed by atoms with Crippen LogP contribution in [0.25, 0.3) is 21.8 Å². The number of hydrogen-bond donors (Lipinski definition) is 0. The lowest BCUT2D eigenvalue weighted by molar-refractivity contribution is 0.101. The normalized spacial score (nSPS) is 11.0. The van der Waals surface area contributed by atoms with Crippen molar-refractivity contribution < 1.29 is 4.79 Å². The Balaban J connectivity index is 2.45. The molecule has 2 heteroatoms. The van der Waals surface area contributed by atoms with Crippen molar-refractivity contribution in [3.05, 3.63) is 53.6 Å². The van der Waals surface area contributed by atoms with E-state index in [1.54, 1.807) is 6.92 Å². The first-order valence-electron chi connectivity index (χ1n) is 5.97. The van der Waals surface area contributed by atoms with Crippen LogP contribution >= 0.6 is 0 Å². The average molecular weight is 235 g/mol. The molecule has 0 aliphatic heterocycles. The number of nitrogens with zero attached hydrogens (tertiary/aromatic N) is 1. The van der Waals surface area contributed by atoms with E-state index in [0.29, 0.717) is 0 Å².